The number of carbonyl (C=O) groups is 1. The lowest BCUT2D eigenvalue weighted by atomic mass is 10.2. The maximum absolute atomic E-state index is 11.4. The number of amides is 1. The molecule has 0 fully saturated rings. The van der Waals surface area contributed by atoms with Crippen molar-refractivity contribution in [3.63, 3.8) is 0 Å². The van der Waals surface area contributed by atoms with Crippen LogP contribution in [-0.4, -0.2) is 15.7 Å². The van der Waals surface area contributed by atoms with E-state index in [1.165, 1.54) is 0 Å². The van der Waals surface area contributed by atoms with Crippen molar-refractivity contribution >= 4 is 17.3 Å². The number of hydrogen-bond donors (Lipinski definition) is 2. The van der Waals surface area contributed by atoms with Crippen LogP contribution in [0.15, 0.2) is 36.5 Å². The Kier molecular flexibility index (Phi) is 4.76. The fraction of sp³-hybridized carbons (Fsp3) is 0.333. The molecule has 5 heteroatoms. The smallest absolute Gasteiger partial charge is 0.224 e. The van der Waals surface area contributed by atoms with Crippen molar-refractivity contribution in [3.05, 3.63) is 42.2 Å². The van der Waals surface area contributed by atoms with Gasteiger partial charge in [0.2, 0.25) is 5.91 Å². The number of carbonyl (C=O) groups excluding carboxylic acids is 1. The molecule has 0 saturated heterocycles. The van der Waals surface area contributed by atoms with E-state index >= 15 is 0 Å². The van der Waals surface area contributed by atoms with Crippen molar-refractivity contribution in [2.45, 2.75) is 33.4 Å². The van der Waals surface area contributed by atoms with Crippen molar-refractivity contribution in [3.8, 4) is 0 Å². The molecule has 0 aliphatic carbocycles. The molecular formula is C15H20N4O. The van der Waals surface area contributed by atoms with Gasteiger partial charge in [-0.2, -0.15) is 5.10 Å². The van der Waals surface area contributed by atoms with E-state index in [0.717, 1.165) is 23.6 Å². The molecule has 20 heavy (non-hydrogen) atoms. The molecule has 106 valence electrons. The summed E-state index contributed by atoms with van der Waals surface area (Å²) in [7, 11) is 0. The first-order valence-corrected chi connectivity index (χ1v) is 6.87. The second-order valence-electron chi connectivity index (χ2n) is 4.47. The Morgan fingerprint density at radius 3 is 2.80 bits per heavy atom. The lowest BCUT2D eigenvalue weighted by Gasteiger charge is -2.10. The van der Waals surface area contributed by atoms with Crippen LogP contribution in [0.1, 0.15) is 26.0 Å². The molecule has 1 aromatic heterocycles. The van der Waals surface area contributed by atoms with Crippen LogP contribution in [0.2, 0.25) is 0 Å². The molecule has 0 spiro atoms. The van der Waals surface area contributed by atoms with Gasteiger partial charge in [-0.05, 0) is 31.2 Å². The zero-order valence-electron chi connectivity index (χ0n) is 11.9. The predicted molar refractivity (Wildman–Crippen MR) is 80.6 cm³/mol. The monoisotopic (exact) mass is 272 g/mol. The fourth-order valence-electron chi connectivity index (χ4n) is 1.94. The van der Waals surface area contributed by atoms with Crippen LogP contribution in [0.25, 0.3) is 0 Å². The highest BCUT2D eigenvalue weighted by molar-refractivity contribution is 5.90. The Morgan fingerprint density at radius 1 is 1.25 bits per heavy atom. The molecule has 1 amide bonds. The average Bonchev–Trinajstić information content (AvgIpc) is 2.93. The zero-order chi connectivity index (χ0) is 14.4. The molecule has 0 radical (unpaired) electrons. The van der Waals surface area contributed by atoms with Crippen LogP contribution >= 0.6 is 0 Å². The van der Waals surface area contributed by atoms with Gasteiger partial charge < -0.3 is 10.6 Å². The lowest BCUT2D eigenvalue weighted by Crippen LogP contribution is -2.10. The van der Waals surface area contributed by atoms with Crippen molar-refractivity contribution in [2.24, 2.45) is 0 Å². The van der Waals surface area contributed by atoms with Crippen molar-refractivity contribution in [2.75, 3.05) is 10.6 Å². The highest BCUT2D eigenvalue weighted by Gasteiger charge is 2.02. The Hall–Kier alpha value is -2.30. The molecule has 1 aromatic carbocycles. The molecule has 0 aliphatic rings. The van der Waals surface area contributed by atoms with E-state index in [4.69, 9.17) is 0 Å². The van der Waals surface area contributed by atoms with Crippen LogP contribution in [0.4, 0.5) is 11.4 Å². The Balaban J connectivity index is 1.99. The Labute approximate surface area is 119 Å². The second-order valence-corrected chi connectivity index (χ2v) is 4.47. The van der Waals surface area contributed by atoms with Crippen LogP contribution in [0.5, 0.6) is 0 Å². The van der Waals surface area contributed by atoms with Crippen LogP contribution in [0, 0.1) is 0 Å². The van der Waals surface area contributed by atoms with Crippen LogP contribution in [0.3, 0.4) is 0 Å². The molecule has 1 heterocycles. The summed E-state index contributed by atoms with van der Waals surface area (Å²) in [5, 5.41) is 10.4. The standard InChI is InChI=1S/C15H20N4O/c1-3-15(20)18-13-7-5-6-12(10-13)16-11-14-8-9-17-19(14)4-2/h5-10,16H,3-4,11H2,1-2H3,(H,18,20). The first-order chi connectivity index (χ1) is 9.72. The Bertz CT molecular complexity index is 577. The average molecular weight is 272 g/mol. The number of anilines is 2. The van der Waals surface area contributed by atoms with E-state index in [-0.39, 0.29) is 5.91 Å². The third kappa shape index (κ3) is 3.60. The van der Waals surface area contributed by atoms with Gasteiger partial charge in [0.05, 0.1) is 12.2 Å². The lowest BCUT2D eigenvalue weighted by molar-refractivity contribution is -0.115. The summed E-state index contributed by atoms with van der Waals surface area (Å²) in [6.07, 6.45) is 2.28. The van der Waals surface area contributed by atoms with Crippen molar-refractivity contribution in [1.29, 1.82) is 0 Å². The van der Waals surface area contributed by atoms with Gasteiger partial charge in [0, 0.05) is 30.5 Å². The van der Waals surface area contributed by atoms with E-state index in [9.17, 15) is 4.79 Å². The molecule has 0 bridgehead atoms. The fourth-order valence-corrected chi connectivity index (χ4v) is 1.94. The van der Waals surface area contributed by atoms with Crippen molar-refractivity contribution < 1.29 is 4.79 Å². The number of nitrogens with zero attached hydrogens (tertiary/aromatic N) is 2. The molecule has 0 aliphatic heterocycles. The van der Waals surface area contributed by atoms with Crippen LogP contribution < -0.4 is 10.6 Å². The van der Waals surface area contributed by atoms with E-state index in [1.807, 2.05) is 41.9 Å². The Morgan fingerprint density at radius 2 is 2.05 bits per heavy atom. The quantitative estimate of drug-likeness (QED) is 0.850. The summed E-state index contributed by atoms with van der Waals surface area (Å²) >= 11 is 0. The van der Waals surface area contributed by atoms with Crippen LogP contribution in [-0.2, 0) is 17.9 Å². The minimum absolute atomic E-state index is 0.0196. The molecule has 2 rings (SSSR count). The topological polar surface area (TPSA) is 59.0 Å². The second kappa shape index (κ2) is 6.75. The minimum atomic E-state index is 0.0196. The summed E-state index contributed by atoms with van der Waals surface area (Å²) in [5.41, 5.74) is 2.92. The molecular weight excluding hydrogens is 252 g/mol. The highest BCUT2D eigenvalue weighted by atomic mass is 16.1. The number of aryl methyl sites for hydroxylation is 1. The van der Waals surface area contributed by atoms with Gasteiger partial charge in [-0.3, -0.25) is 9.48 Å². The van der Waals surface area contributed by atoms with Crippen molar-refractivity contribution in [1.82, 2.24) is 9.78 Å². The summed E-state index contributed by atoms with van der Waals surface area (Å²) in [4.78, 5) is 11.4. The summed E-state index contributed by atoms with van der Waals surface area (Å²) in [6.45, 7) is 5.47. The summed E-state index contributed by atoms with van der Waals surface area (Å²) in [6, 6.07) is 9.72. The zero-order valence-corrected chi connectivity index (χ0v) is 11.9. The third-order valence-electron chi connectivity index (χ3n) is 3.05. The largest absolute Gasteiger partial charge is 0.379 e. The highest BCUT2D eigenvalue weighted by Crippen LogP contribution is 2.16. The number of aromatic nitrogens is 2. The number of rotatable bonds is 6. The summed E-state index contributed by atoms with van der Waals surface area (Å²) in [5.74, 6) is 0.0196. The number of benzene rings is 1. The molecule has 0 unspecified atom stereocenters. The SMILES string of the molecule is CCC(=O)Nc1cccc(NCc2ccnn2CC)c1. The normalized spacial score (nSPS) is 10.3. The van der Waals surface area contributed by atoms with E-state index < -0.39 is 0 Å². The number of hydrogen-bond acceptors (Lipinski definition) is 3. The molecule has 2 aromatic rings. The number of nitrogens with one attached hydrogen (secondary N) is 2. The molecule has 2 N–H and O–H groups in total. The van der Waals surface area contributed by atoms with Gasteiger partial charge in [0.1, 0.15) is 0 Å². The maximum atomic E-state index is 11.4. The first-order valence-electron chi connectivity index (χ1n) is 6.87. The van der Waals surface area contributed by atoms with E-state index in [2.05, 4.69) is 22.7 Å². The van der Waals surface area contributed by atoms with E-state index in [1.54, 1.807) is 6.20 Å². The predicted octanol–water partition coefficient (Wildman–Crippen LogP) is 2.86. The van der Waals surface area contributed by atoms with Gasteiger partial charge in [0.25, 0.3) is 0 Å². The van der Waals surface area contributed by atoms with Gasteiger partial charge in [-0.15, -0.1) is 0 Å². The summed E-state index contributed by atoms with van der Waals surface area (Å²) < 4.78 is 1.95. The van der Waals surface area contributed by atoms with Gasteiger partial charge in [-0.1, -0.05) is 13.0 Å². The minimum Gasteiger partial charge on any atom is -0.379 e. The van der Waals surface area contributed by atoms with Gasteiger partial charge >= 0.3 is 0 Å². The van der Waals surface area contributed by atoms with Gasteiger partial charge in [0.15, 0.2) is 0 Å². The first kappa shape index (κ1) is 14.1. The third-order valence-corrected chi connectivity index (χ3v) is 3.05. The molecule has 5 nitrogen and oxygen atoms in total. The van der Waals surface area contributed by atoms with E-state index in [0.29, 0.717) is 13.0 Å². The molecule has 0 saturated carbocycles. The maximum Gasteiger partial charge on any atom is 0.224 e. The molecule has 0 atom stereocenters. The van der Waals surface area contributed by atoms with Gasteiger partial charge in [-0.25, -0.2) is 0 Å².